The number of oxime groups is 1. The molecule has 1 aromatic carbocycles. The monoisotopic (exact) mass is 378 g/mol. The number of non-ortho nitro benzene ring substituents is 1. The van der Waals surface area contributed by atoms with Crippen molar-refractivity contribution in [2.75, 3.05) is 12.4 Å². The van der Waals surface area contributed by atoms with Gasteiger partial charge >= 0.3 is 6.09 Å². The maximum atomic E-state index is 11.8. The van der Waals surface area contributed by atoms with E-state index in [2.05, 4.69) is 20.3 Å². The largest absolute Gasteiger partial charge is 0.444 e. The minimum atomic E-state index is -1.08. The van der Waals surface area contributed by atoms with E-state index in [-0.39, 0.29) is 28.8 Å². The molecule has 26 heavy (non-hydrogen) atoms. The average molecular weight is 378 g/mol. The Balaban J connectivity index is 1.93. The van der Waals surface area contributed by atoms with Gasteiger partial charge in [0.2, 0.25) is 0 Å². The third-order valence-electron chi connectivity index (χ3n) is 2.87. The summed E-state index contributed by atoms with van der Waals surface area (Å²) in [5.41, 5.74) is 7.39. The van der Waals surface area contributed by atoms with Crippen LogP contribution < -0.4 is 11.1 Å². The van der Waals surface area contributed by atoms with E-state index in [0.29, 0.717) is 5.56 Å². The van der Waals surface area contributed by atoms with E-state index in [4.69, 9.17) is 10.5 Å². The number of aromatic nitrogens is 1. The second-order valence-electron chi connectivity index (χ2n) is 4.61. The number of hydrogen-bond donors (Lipinski definition) is 1. The summed E-state index contributed by atoms with van der Waals surface area (Å²) in [7, 11) is 1.23. The fraction of sp³-hybridized carbons (Fsp3) is 0.143. The van der Waals surface area contributed by atoms with Crippen molar-refractivity contribution in [3.63, 3.8) is 0 Å². The van der Waals surface area contributed by atoms with E-state index in [1.54, 1.807) is 0 Å². The number of hydrogen-bond acceptors (Lipinski definition) is 9. The van der Waals surface area contributed by atoms with Crippen molar-refractivity contribution in [1.29, 1.82) is 0 Å². The molecule has 2 N–H and O–H groups in total. The summed E-state index contributed by atoms with van der Waals surface area (Å²) in [5.74, 6) is -1.08. The van der Waals surface area contributed by atoms with Gasteiger partial charge in [-0.3, -0.25) is 26.0 Å². The van der Waals surface area contributed by atoms with Gasteiger partial charge in [-0.25, -0.2) is 9.78 Å². The first kappa shape index (κ1) is 18.8. The summed E-state index contributed by atoms with van der Waals surface area (Å²) in [5, 5.41) is 17.9. The lowest BCUT2D eigenvalue weighted by Crippen LogP contribution is -2.17. The Morgan fingerprint density at radius 3 is 2.65 bits per heavy atom. The van der Waals surface area contributed by atoms with Gasteiger partial charge in [-0.15, -0.1) is 11.3 Å². The molecule has 0 saturated carbocycles. The molecule has 0 aliphatic carbocycles. The number of anilines is 1. The number of rotatable bonds is 7. The summed E-state index contributed by atoms with van der Waals surface area (Å²) in [6.45, 7) is -0.0936. The van der Waals surface area contributed by atoms with E-state index in [1.165, 1.54) is 36.8 Å². The van der Waals surface area contributed by atoms with E-state index >= 15 is 0 Å². The highest BCUT2D eigenvalue weighted by atomic mass is 32.1. The molecule has 12 heteroatoms. The number of carbonyl (C=O) groups is 2. The molecule has 0 fully saturated rings. The fourth-order valence-corrected chi connectivity index (χ4v) is 2.40. The normalized spacial score (nSPS) is 10.9. The number of nitrogens with zero attached hydrogens (tertiary/aromatic N) is 3. The molecule has 2 amide bonds. The van der Waals surface area contributed by atoms with Crippen LogP contribution in [-0.4, -0.2) is 34.7 Å². The summed E-state index contributed by atoms with van der Waals surface area (Å²) in [6.07, 6.45) is -0.799. The molecule has 2 aromatic rings. The number of nitro benzene ring substituents is 1. The number of nitrogens with one attached hydrogen (secondary N) is 2. The van der Waals surface area contributed by atoms with Crippen LogP contribution in [0.25, 0.3) is 0 Å². The Morgan fingerprint density at radius 1 is 1.38 bits per heavy atom. The molecule has 0 aliphatic heterocycles. The highest BCUT2D eigenvalue weighted by Gasteiger charge is 2.17. The predicted octanol–water partition coefficient (Wildman–Crippen LogP) is 1.96. The number of amides is 2. The van der Waals surface area contributed by atoms with Gasteiger partial charge in [0, 0.05) is 17.5 Å². The average Bonchev–Trinajstić information content (AvgIpc) is 3.05. The Kier molecular flexibility index (Phi) is 6.16. The minimum Gasteiger partial charge on any atom is -0.444 e. The number of carbonyl (C=O) groups excluding carboxylic acids is 2. The predicted molar refractivity (Wildman–Crippen MR) is 90.7 cm³/mol. The molecule has 0 aliphatic rings. The first-order valence-electron chi connectivity index (χ1n) is 6.90. The number of nitro groups is 1. The van der Waals surface area contributed by atoms with Crippen LogP contribution in [0.5, 0.6) is 0 Å². The van der Waals surface area contributed by atoms with Gasteiger partial charge in [0.1, 0.15) is 19.4 Å². The van der Waals surface area contributed by atoms with Crippen LogP contribution in [-0.2, 0) is 21.0 Å². The zero-order valence-corrected chi connectivity index (χ0v) is 14.1. The third-order valence-corrected chi connectivity index (χ3v) is 3.63. The summed E-state index contributed by atoms with van der Waals surface area (Å²) in [6, 6.07) is 5.55. The number of thiazole rings is 1. The van der Waals surface area contributed by atoms with Crippen LogP contribution in [0.1, 0.15) is 11.3 Å². The van der Waals surface area contributed by atoms with Crippen molar-refractivity contribution in [3.8, 4) is 0 Å². The van der Waals surface area contributed by atoms with Crippen LogP contribution in [0, 0.1) is 10.1 Å². The number of ether oxygens (including phenoxy) is 1. The Bertz CT molecular complexity index is 848. The molecule has 0 unspecified atom stereocenters. The van der Waals surface area contributed by atoms with Gasteiger partial charge in [-0.05, 0) is 17.7 Å². The van der Waals surface area contributed by atoms with E-state index in [1.807, 2.05) is 0 Å². The van der Waals surface area contributed by atoms with Crippen molar-refractivity contribution in [3.05, 3.63) is 51.0 Å². The molecule has 11 nitrogen and oxygen atoms in total. The van der Waals surface area contributed by atoms with Gasteiger partial charge in [0.15, 0.2) is 10.8 Å². The first-order chi connectivity index (χ1) is 12.4. The van der Waals surface area contributed by atoms with Gasteiger partial charge in [-0.2, -0.15) is 0 Å². The topological polar surface area (TPSA) is 157 Å². The molecule has 0 bridgehead atoms. The van der Waals surface area contributed by atoms with Crippen molar-refractivity contribution in [2.24, 2.45) is 5.16 Å². The highest BCUT2D eigenvalue weighted by Crippen LogP contribution is 2.17. The van der Waals surface area contributed by atoms with Crippen LogP contribution in [0.2, 0.25) is 0 Å². The van der Waals surface area contributed by atoms with Crippen molar-refractivity contribution < 1.29 is 24.1 Å². The quantitative estimate of drug-likeness (QED) is 0.438. The summed E-state index contributed by atoms with van der Waals surface area (Å²) < 4.78 is 4.98. The van der Waals surface area contributed by atoms with Crippen LogP contribution in [0.3, 0.4) is 0 Å². The maximum absolute atomic E-state index is 11.8. The van der Waals surface area contributed by atoms with E-state index in [0.717, 1.165) is 11.3 Å². The Morgan fingerprint density at radius 2 is 2.08 bits per heavy atom. The molecule has 2 rings (SSSR count). The molecule has 1 aromatic heterocycles. The van der Waals surface area contributed by atoms with Crippen LogP contribution >= 0.6 is 11.3 Å². The lowest BCUT2D eigenvalue weighted by atomic mass is 10.2. The second kappa shape index (κ2) is 8.53. The van der Waals surface area contributed by atoms with Gasteiger partial charge in [-0.1, -0.05) is 5.16 Å². The van der Waals surface area contributed by atoms with Crippen molar-refractivity contribution in [1.82, 2.24) is 10.7 Å². The van der Waals surface area contributed by atoms with Crippen molar-refractivity contribution in [2.45, 2.75) is 6.61 Å². The molecular weight excluding hydrogens is 366 g/mol. The number of benzene rings is 1. The third kappa shape index (κ3) is 4.98. The minimum absolute atomic E-state index is 0.0639. The van der Waals surface area contributed by atoms with Gasteiger partial charge in [0.25, 0.3) is 11.6 Å². The SMILES string of the molecule is CO/N=C(/C([NH])=O)c1csc(NC(=O)OCc2ccc([N+](=O)[O-])cc2)n1. The molecular formula is C14H12N5O6S. The van der Waals surface area contributed by atoms with E-state index < -0.39 is 16.9 Å². The lowest BCUT2D eigenvalue weighted by Gasteiger charge is -2.04. The molecule has 135 valence electrons. The fourth-order valence-electron chi connectivity index (χ4n) is 1.72. The molecule has 0 spiro atoms. The van der Waals surface area contributed by atoms with Crippen LogP contribution in [0.4, 0.5) is 15.6 Å². The van der Waals surface area contributed by atoms with Crippen molar-refractivity contribution >= 4 is 39.9 Å². The molecule has 1 heterocycles. The van der Waals surface area contributed by atoms with Crippen LogP contribution in [0.15, 0.2) is 34.8 Å². The Hall–Kier alpha value is -3.54. The zero-order valence-electron chi connectivity index (χ0n) is 13.3. The van der Waals surface area contributed by atoms with E-state index in [9.17, 15) is 19.7 Å². The Labute approximate surface area is 150 Å². The molecule has 0 saturated heterocycles. The summed E-state index contributed by atoms with van der Waals surface area (Å²) in [4.78, 5) is 41.4. The van der Waals surface area contributed by atoms with Gasteiger partial charge < -0.3 is 9.57 Å². The first-order valence-corrected chi connectivity index (χ1v) is 7.78. The summed E-state index contributed by atoms with van der Waals surface area (Å²) >= 11 is 1.01. The van der Waals surface area contributed by atoms with Gasteiger partial charge in [0.05, 0.1) is 4.92 Å². The smallest absolute Gasteiger partial charge is 0.413 e. The zero-order chi connectivity index (χ0) is 19.1. The standard InChI is InChI=1S/C14H12N5O6S/c1-24-18-11(12(15)20)10-7-26-13(16-10)17-14(21)25-6-8-2-4-9(5-3-8)19(22)23/h2-5,7,15H,6H2,1H3,(H,16,17,21)/b18-11+. The maximum Gasteiger partial charge on any atom is 0.413 e. The lowest BCUT2D eigenvalue weighted by molar-refractivity contribution is -0.384. The molecule has 0 atom stereocenters. The second-order valence-corrected chi connectivity index (χ2v) is 5.47. The highest BCUT2D eigenvalue weighted by molar-refractivity contribution is 7.14. The molecule has 1 radical (unpaired) electrons.